The van der Waals surface area contributed by atoms with Crippen molar-refractivity contribution in [2.75, 3.05) is 24.6 Å². The molecule has 0 radical (unpaired) electrons. The van der Waals surface area contributed by atoms with Crippen LogP contribution >= 0.6 is 0 Å². The van der Waals surface area contributed by atoms with E-state index in [0.717, 1.165) is 6.26 Å². The van der Waals surface area contributed by atoms with E-state index in [1.165, 1.54) is 31.4 Å². The quantitative estimate of drug-likeness (QED) is 0.656. The molecule has 0 heterocycles. The van der Waals surface area contributed by atoms with Gasteiger partial charge in [-0.05, 0) is 24.3 Å². The maximum absolute atomic E-state index is 11.8. The molecule has 1 amide bonds. The van der Waals surface area contributed by atoms with Crippen molar-refractivity contribution >= 4 is 33.4 Å². The highest BCUT2D eigenvalue weighted by Crippen LogP contribution is 2.10. The first kappa shape index (κ1) is 18.6. The van der Waals surface area contributed by atoms with E-state index in [0.29, 0.717) is 5.69 Å². The van der Waals surface area contributed by atoms with Crippen LogP contribution in [0.3, 0.4) is 0 Å². The molecule has 0 aliphatic heterocycles. The van der Waals surface area contributed by atoms with Crippen molar-refractivity contribution in [1.29, 1.82) is 0 Å². The van der Waals surface area contributed by atoms with E-state index in [1.807, 2.05) is 0 Å². The summed E-state index contributed by atoms with van der Waals surface area (Å²) in [6.07, 6.45) is 0.981. The Hall–Kier alpha value is -2.42. The van der Waals surface area contributed by atoms with Crippen molar-refractivity contribution in [1.82, 2.24) is 5.32 Å². The van der Waals surface area contributed by atoms with Crippen LogP contribution in [0, 0.1) is 0 Å². The number of amides is 1. The summed E-state index contributed by atoms with van der Waals surface area (Å²) in [6, 6.07) is 5.74. The summed E-state index contributed by atoms with van der Waals surface area (Å²) in [5, 5.41) is 2.43. The highest BCUT2D eigenvalue weighted by atomic mass is 32.2. The van der Waals surface area contributed by atoms with Crippen LogP contribution in [0.1, 0.15) is 23.2 Å². The molecular weight excluding hydrogens is 324 g/mol. The first-order valence-corrected chi connectivity index (χ1v) is 8.55. The molecule has 0 aliphatic rings. The van der Waals surface area contributed by atoms with E-state index in [-0.39, 0.29) is 30.7 Å². The number of hydrogen-bond acceptors (Lipinski definition) is 6. The van der Waals surface area contributed by atoms with Gasteiger partial charge in [0, 0.05) is 17.7 Å². The molecular formula is C14H18N2O6S. The Kier molecular flexibility index (Phi) is 6.70. The molecule has 0 bridgehead atoms. The van der Waals surface area contributed by atoms with Crippen molar-refractivity contribution in [3.05, 3.63) is 29.8 Å². The van der Waals surface area contributed by atoms with Gasteiger partial charge < -0.3 is 10.1 Å². The number of sulfonamides is 1. The lowest BCUT2D eigenvalue weighted by molar-refractivity contribution is -0.141. The van der Waals surface area contributed by atoms with Gasteiger partial charge in [-0.2, -0.15) is 0 Å². The van der Waals surface area contributed by atoms with Crippen LogP contribution in [0.2, 0.25) is 0 Å². The average Bonchev–Trinajstić information content (AvgIpc) is 2.49. The van der Waals surface area contributed by atoms with Gasteiger partial charge in [0.1, 0.15) is 0 Å². The lowest BCUT2D eigenvalue weighted by Crippen LogP contribution is -2.29. The molecule has 126 valence electrons. The summed E-state index contributed by atoms with van der Waals surface area (Å²) < 4.78 is 28.8. The summed E-state index contributed by atoms with van der Waals surface area (Å²) in [7, 11) is -2.15. The molecule has 8 nitrogen and oxygen atoms in total. The third-order valence-electron chi connectivity index (χ3n) is 2.73. The molecule has 23 heavy (non-hydrogen) atoms. The SMILES string of the molecule is COC(=O)CCC(=O)CNC(=O)c1ccc(NS(C)(=O)=O)cc1. The number of ketones is 1. The predicted molar refractivity (Wildman–Crippen MR) is 83.5 cm³/mol. The highest BCUT2D eigenvalue weighted by Gasteiger charge is 2.10. The molecule has 0 aliphatic carbocycles. The lowest BCUT2D eigenvalue weighted by Gasteiger charge is -2.07. The van der Waals surface area contributed by atoms with Crippen LogP contribution in [0.25, 0.3) is 0 Å². The van der Waals surface area contributed by atoms with Gasteiger partial charge in [0.2, 0.25) is 10.0 Å². The second kappa shape index (κ2) is 8.28. The Morgan fingerprint density at radius 1 is 1.09 bits per heavy atom. The van der Waals surface area contributed by atoms with Gasteiger partial charge in [-0.25, -0.2) is 8.42 Å². The Bertz CT molecular complexity index is 682. The fraction of sp³-hybridized carbons (Fsp3) is 0.357. The summed E-state index contributed by atoms with van der Waals surface area (Å²) in [5.74, 6) is -1.25. The van der Waals surface area contributed by atoms with E-state index in [4.69, 9.17) is 0 Å². The molecule has 0 unspecified atom stereocenters. The third kappa shape index (κ3) is 7.41. The standard InChI is InChI=1S/C14H18N2O6S/c1-22-13(18)8-7-12(17)9-15-14(19)10-3-5-11(6-4-10)16-23(2,20)21/h3-6,16H,7-9H2,1-2H3,(H,15,19). The minimum Gasteiger partial charge on any atom is -0.469 e. The maximum Gasteiger partial charge on any atom is 0.305 e. The molecule has 2 N–H and O–H groups in total. The minimum absolute atomic E-state index is 0.00975. The molecule has 1 aromatic carbocycles. The van der Waals surface area contributed by atoms with E-state index < -0.39 is 21.9 Å². The highest BCUT2D eigenvalue weighted by molar-refractivity contribution is 7.92. The Morgan fingerprint density at radius 2 is 1.70 bits per heavy atom. The molecule has 0 saturated heterocycles. The lowest BCUT2D eigenvalue weighted by atomic mass is 10.2. The number of ether oxygens (including phenoxy) is 1. The number of rotatable bonds is 8. The van der Waals surface area contributed by atoms with Gasteiger partial charge in [0.05, 0.1) is 26.3 Å². The predicted octanol–water partition coefficient (Wildman–Crippen LogP) is 0.310. The van der Waals surface area contributed by atoms with Crippen molar-refractivity contribution < 1.29 is 27.5 Å². The number of carbonyl (C=O) groups excluding carboxylic acids is 3. The van der Waals surface area contributed by atoms with Crippen molar-refractivity contribution in [3.8, 4) is 0 Å². The summed E-state index contributed by atoms with van der Waals surface area (Å²) in [4.78, 5) is 34.3. The summed E-state index contributed by atoms with van der Waals surface area (Å²) in [6.45, 7) is -0.195. The van der Waals surface area contributed by atoms with Crippen LogP contribution in [0.15, 0.2) is 24.3 Å². The molecule has 0 fully saturated rings. The molecule has 9 heteroatoms. The van der Waals surface area contributed by atoms with Crippen LogP contribution in [-0.4, -0.2) is 46.0 Å². The second-order valence-corrected chi connectivity index (χ2v) is 6.50. The Labute approximate surface area is 134 Å². The van der Waals surface area contributed by atoms with Gasteiger partial charge in [0.15, 0.2) is 5.78 Å². The number of nitrogens with one attached hydrogen (secondary N) is 2. The molecule has 1 aromatic rings. The van der Waals surface area contributed by atoms with Crippen LogP contribution in [0.5, 0.6) is 0 Å². The van der Waals surface area contributed by atoms with Gasteiger partial charge in [-0.3, -0.25) is 19.1 Å². The van der Waals surface area contributed by atoms with Gasteiger partial charge in [-0.1, -0.05) is 0 Å². The fourth-order valence-electron chi connectivity index (χ4n) is 1.62. The molecule has 1 rings (SSSR count). The first-order chi connectivity index (χ1) is 10.7. The number of carbonyl (C=O) groups is 3. The van der Waals surface area contributed by atoms with Crippen LogP contribution in [-0.2, 0) is 24.3 Å². The van der Waals surface area contributed by atoms with E-state index in [2.05, 4.69) is 14.8 Å². The van der Waals surface area contributed by atoms with Crippen molar-refractivity contribution in [3.63, 3.8) is 0 Å². The monoisotopic (exact) mass is 342 g/mol. The Balaban J connectivity index is 2.49. The number of esters is 1. The molecule has 0 aromatic heterocycles. The van der Waals surface area contributed by atoms with Crippen molar-refractivity contribution in [2.45, 2.75) is 12.8 Å². The van der Waals surface area contributed by atoms with Gasteiger partial charge >= 0.3 is 5.97 Å². The Morgan fingerprint density at radius 3 is 2.22 bits per heavy atom. The first-order valence-electron chi connectivity index (χ1n) is 6.66. The second-order valence-electron chi connectivity index (χ2n) is 4.75. The normalized spacial score (nSPS) is 10.7. The fourth-order valence-corrected chi connectivity index (χ4v) is 2.18. The molecule has 0 saturated carbocycles. The molecule has 0 atom stereocenters. The summed E-state index contributed by atoms with van der Waals surface area (Å²) >= 11 is 0. The van der Waals surface area contributed by atoms with E-state index in [1.54, 1.807) is 0 Å². The number of anilines is 1. The number of methoxy groups -OCH3 is 1. The van der Waals surface area contributed by atoms with E-state index in [9.17, 15) is 22.8 Å². The number of hydrogen-bond donors (Lipinski definition) is 2. The summed E-state index contributed by atoms with van der Waals surface area (Å²) in [5.41, 5.74) is 0.614. The average molecular weight is 342 g/mol. The van der Waals surface area contributed by atoms with E-state index >= 15 is 0 Å². The van der Waals surface area contributed by atoms with Crippen LogP contribution in [0.4, 0.5) is 5.69 Å². The van der Waals surface area contributed by atoms with Crippen LogP contribution < -0.4 is 10.0 Å². The minimum atomic E-state index is -3.38. The van der Waals surface area contributed by atoms with Gasteiger partial charge in [-0.15, -0.1) is 0 Å². The zero-order chi connectivity index (χ0) is 17.5. The number of Topliss-reactive ketones (excluding diaryl/α,β-unsaturated/α-hetero) is 1. The largest absolute Gasteiger partial charge is 0.469 e. The third-order valence-corrected chi connectivity index (χ3v) is 3.34. The zero-order valence-corrected chi connectivity index (χ0v) is 13.6. The topological polar surface area (TPSA) is 119 Å². The maximum atomic E-state index is 11.8. The smallest absolute Gasteiger partial charge is 0.305 e. The zero-order valence-electron chi connectivity index (χ0n) is 12.8. The number of benzene rings is 1. The van der Waals surface area contributed by atoms with Gasteiger partial charge in [0.25, 0.3) is 5.91 Å². The molecule has 0 spiro atoms. The van der Waals surface area contributed by atoms with Crippen molar-refractivity contribution in [2.24, 2.45) is 0 Å².